The first-order valence-electron chi connectivity index (χ1n) is 11.2. The molecule has 4 nitrogen and oxygen atoms in total. The van der Waals surface area contributed by atoms with Gasteiger partial charge in [-0.15, -0.1) is 11.3 Å². The molecule has 1 aromatic heterocycles. The van der Waals surface area contributed by atoms with Crippen molar-refractivity contribution in [2.24, 2.45) is 0 Å². The van der Waals surface area contributed by atoms with Gasteiger partial charge >= 0.3 is 11.9 Å². The summed E-state index contributed by atoms with van der Waals surface area (Å²) in [6.07, 6.45) is 3.57. The van der Waals surface area contributed by atoms with Crippen molar-refractivity contribution >= 4 is 23.3 Å². The van der Waals surface area contributed by atoms with Crippen LogP contribution in [0.15, 0.2) is 60.0 Å². The van der Waals surface area contributed by atoms with E-state index in [1.165, 1.54) is 0 Å². The van der Waals surface area contributed by atoms with E-state index < -0.39 is 5.41 Å². The van der Waals surface area contributed by atoms with Crippen LogP contribution in [-0.4, -0.2) is 25.2 Å². The zero-order valence-corrected chi connectivity index (χ0v) is 19.4. The molecule has 5 heteroatoms. The van der Waals surface area contributed by atoms with Crippen molar-refractivity contribution in [1.29, 1.82) is 0 Å². The van der Waals surface area contributed by atoms with Crippen LogP contribution in [-0.2, 0) is 19.7 Å². The summed E-state index contributed by atoms with van der Waals surface area (Å²) >= 11 is 1.55. The molecular formula is C27H28O4S. The van der Waals surface area contributed by atoms with Gasteiger partial charge in [0, 0.05) is 4.88 Å². The molecule has 0 spiro atoms. The molecule has 1 heterocycles. The molecule has 1 aliphatic rings. The van der Waals surface area contributed by atoms with Gasteiger partial charge in [0.2, 0.25) is 0 Å². The molecule has 2 aromatic carbocycles. The zero-order valence-electron chi connectivity index (χ0n) is 18.6. The van der Waals surface area contributed by atoms with Crippen molar-refractivity contribution in [2.75, 3.05) is 13.2 Å². The maximum atomic E-state index is 12.4. The summed E-state index contributed by atoms with van der Waals surface area (Å²) in [6, 6.07) is 18.2. The summed E-state index contributed by atoms with van der Waals surface area (Å²) in [5.74, 6) is -0.373. The van der Waals surface area contributed by atoms with E-state index in [1.54, 1.807) is 11.3 Å². The van der Waals surface area contributed by atoms with Crippen LogP contribution < -0.4 is 0 Å². The molecule has 0 radical (unpaired) electrons. The largest absolute Gasteiger partial charge is 0.465 e. The minimum absolute atomic E-state index is 0.114. The highest BCUT2D eigenvalue weighted by Crippen LogP contribution is 2.49. The molecule has 166 valence electrons. The quantitative estimate of drug-likeness (QED) is 0.272. The smallest absolute Gasteiger partial charge is 0.339 e. The first kappa shape index (κ1) is 22.3. The fraction of sp³-hybridized carbons (Fsp3) is 0.333. The number of esters is 2. The molecule has 32 heavy (non-hydrogen) atoms. The lowest BCUT2D eigenvalue weighted by Gasteiger charge is -2.14. The average Bonchev–Trinajstić information content (AvgIpc) is 3.49. The van der Waals surface area contributed by atoms with Crippen LogP contribution in [0.2, 0.25) is 0 Å². The highest BCUT2D eigenvalue weighted by Gasteiger charge is 2.52. The molecule has 4 rings (SSSR count). The number of thiophene rings is 1. The Labute approximate surface area is 193 Å². The summed E-state index contributed by atoms with van der Waals surface area (Å²) in [5, 5.41) is 1.93. The van der Waals surface area contributed by atoms with E-state index >= 15 is 0 Å². The minimum Gasteiger partial charge on any atom is -0.465 e. The van der Waals surface area contributed by atoms with Gasteiger partial charge in [0.05, 0.1) is 24.2 Å². The molecule has 0 bridgehead atoms. The zero-order chi connectivity index (χ0) is 22.6. The number of benzene rings is 2. The van der Waals surface area contributed by atoms with Gasteiger partial charge in [-0.3, -0.25) is 4.79 Å². The van der Waals surface area contributed by atoms with E-state index in [1.807, 2.05) is 42.6 Å². The van der Waals surface area contributed by atoms with Gasteiger partial charge in [-0.1, -0.05) is 61.9 Å². The third-order valence-electron chi connectivity index (χ3n) is 5.95. The molecular weight excluding hydrogens is 420 g/mol. The van der Waals surface area contributed by atoms with Crippen LogP contribution in [0, 0.1) is 0 Å². The van der Waals surface area contributed by atoms with Crippen molar-refractivity contribution in [2.45, 2.75) is 44.9 Å². The van der Waals surface area contributed by atoms with Crippen LogP contribution in [0.3, 0.4) is 0 Å². The minimum atomic E-state index is -0.445. The predicted molar refractivity (Wildman–Crippen MR) is 128 cm³/mol. The van der Waals surface area contributed by atoms with Gasteiger partial charge in [0.25, 0.3) is 0 Å². The Kier molecular flexibility index (Phi) is 6.75. The Balaban J connectivity index is 1.49. The van der Waals surface area contributed by atoms with Crippen molar-refractivity contribution in [3.8, 4) is 21.6 Å². The lowest BCUT2D eigenvalue weighted by Crippen LogP contribution is -2.23. The van der Waals surface area contributed by atoms with E-state index in [0.717, 1.165) is 52.8 Å². The van der Waals surface area contributed by atoms with Crippen LogP contribution in [0.4, 0.5) is 0 Å². The molecule has 3 aromatic rings. The number of rotatable bonds is 9. The highest BCUT2D eigenvalue weighted by atomic mass is 32.1. The number of hydrogen-bond acceptors (Lipinski definition) is 5. The van der Waals surface area contributed by atoms with Crippen molar-refractivity contribution in [1.82, 2.24) is 0 Å². The Morgan fingerprint density at radius 3 is 2.09 bits per heavy atom. The van der Waals surface area contributed by atoms with Gasteiger partial charge in [-0.2, -0.15) is 0 Å². The van der Waals surface area contributed by atoms with Crippen LogP contribution in [0.1, 0.15) is 55.5 Å². The third kappa shape index (κ3) is 4.49. The molecule has 1 aliphatic carbocycles. The number of ether oxygens (including phenoxy) is 2. The monoisotopic (exact) mass is 448 g/mol. The lowest BCUT2D eigenvalue weighted by atomic mass is 9.93. The fourth-order valence-electron chi connectivity index (χ4n) is 3.88. The molecule has 0 saturated heterocycles. The standard InChI is InChI=1S/C27H28O4S/c1-3-5-17-31-25(28)23-14-18-32-24(23)21-8-6-19(7-9-21)20-10-12-22(13-11-20)27(15-16-27)26(29)30-4-2/h6-14,18H,3-5,15-17H2,1-2H3. The summed E-state index contributed by atoms with van der Waals surface area (Å²) in [6.45, 7) is 4.78. The van der Waals surface area contributed by atoms with Crippen molar-refractivity contribution < 1.29 is 19.1 Å². The van der Waals surface area contributed by atoms with E-state index in [2.05, 4.69) is 31.2 Å². The van der Waals surface area contributed by atoms with E-state index in [9.17, 15) is 9.59 Å². The molecule has 1 saturated carbocycles. The van der Waals surface area contributed by atoms with Gasteiger partial charge in [0.15, 0.2) is 0 Å². The normalized spacial score (nSPS) is 14.1. The Hall–Kier alpha value is -2.92. The van der Waals surface area contributed by atoms with E-state index in [4.69, 9.17) is 9.47 Å². The van der Waals surface area contributed by atoms with Gasteiger partial charge in [-0.05, 0) is 59.9 Å². The second-order valence-corrected chi connectivity index (χ2v) is 9.03. The molecule has 1 fully saturated rings. The molecule has 0 atom stereocenters. The summed E-state index contributed by atoms with van der Waals surface area (Å²) < 4.78 is 10.7. The lowest BCUT2D eigenvalue weighted by molar-refractivity contribution is -0.146. The summed E-state index contributed by atoms with van der Waals surface area (Å²) in [7, 11) is 0. The van der Waals surface area contributed by atoms with Crippen molar-refractivity contribution in [3.05, 3.63) is 71.1 Å². The maximum Gasteiger partial charge on any atom is 0.339 e. The topological polar surface area (TPSA) is 52.6 Å². The first-order valence-corrected chi connectivity index (χ1v) is 12.1. The number of unbranched alkanes of at least 4 members (excludes halogenated alkanes) is 1. The van der Waals surface area contributed by atoms with Gasteiger partial charge < -0.3 is 9.47 Å². The van der Waals surface area contributed by atoms with Crippen LogP contribution >= 0.6 is 11.3 Å². The number of carbonyl (C=O) groups is 2. The van der Waals surface area contributed by atoms with Gasteiger partial charge in [-0.25, -0.2) is 4.79 Å². The maximum absolute atomic E-state index is 12.4. The van der Waals surface area contributed by atoms with E-state index in [0.29, 0.717) is 18.8 Å². The fourth-order valence-corrected chi connectivity index (χ4v) is 4.77. The van der Waals surface area contributed by atoms with Crippen LogP contribution in [0.25, 0.3) is 21.6 Å². The molecule has 0 N–H and O–H groups in total. The number of carbonyl (C=O) groups excluding carboxylic acids is 2. The van der Waals surface area contributed by atoms with Crippen molar-refractivity contribution in [3.63, 3.8) is 0 Å². The Morgan fingerprint density at radius 2 is 1.50 bits per heavy atom. The average molecular weight is 449 g/mol. The second kappa shape index (κ2) is 9.70. The molecule has 0 amide bonds. The highest BCUT2D eigenvalue weighted by molar-refractivity contribution is 7.14. The third-order valence-corrected chi connectivity index (χ3v) is 6.91. The van der Waals surface area contributed by atoms with E-state index in [-0.39, 0.29) is 11.9 Å². The molecule has 0 unspecified atom stereocenters. The predicted octanol–water partition coefficient (Wildman–Crippen LogP) is 6.63. The molecule has 0 aliphatic heterocycles. The SMILES string of the molecule is CCCCOC(=O)c1ccsc1-c1ccc(-c2ccc(C3(C(=O)OCC)CC3)cc2)cc1. The second-order valence-electron chi connectivity index (χ2n) is 8.11. The van der Waals surface area contributed by atoms with Gasteiger partial charge in [0.1, 0.15) is 0 Å². The number of hydrogen-bond donors (Lipinski definition) is 0. The van der Waals surface area contributed by atoms with Crippen LogP contribution in [0.5, 0.6) is 0 Å². The Bertz CT molecular complexity index is 1080. The Morgan fingerprint density at radius 1 is 0.875 bits per heavy atom. The summed E-state index contributed by atoms with van der Waals surface area (Å²) in [5.41, 5.74) is 4.38. The first-order chi connectivity index (χ1) is 15.6. The summed E-state index contributed by atoms with van der Waals surface area (Å²) in [4.78, 5) is 25.7.